The largest absolute Gasteiger partial charge is 0.497 e. The maximum Gasteiger partial charge on any atom is 0.320 e. The van der Waals surface area contributed by atoms with Crippen molar-refractivity contribution >= 4 is 41.7 Å². The van der Waals surface area contributed by atoms with Gasteiger partial charge in [-0.1, -0.05) is 23.9 Å². The second kappa shape index (κ2) is 12.0. The molecular weight excluding hydrogens is 452 g/mol. The van der Waals surface area contributed by atoms with E-state index in [2.05, 4.69) is 0 Å². The molecule has 0 bridgehead atoms. The topological polar surface area (TPSA) is 68.3 Å². The van der Waals surface area contributed by atoms with Crippen molar-refractivity contribution in [3.05, 3.63) is 48.0 Å². The molecule has 1 aliphatic rings. The zero-order valence-corrected chi connectivity index (χ0v) is 20.3. The summed E-state index contributed by atoms with van der Waals surface area (Å²) < 4.78 is 16.5. The number of rotatable bonds is 9. The van der Waals surface area contributed by atoms with Crippen molar-refractivity contribution in [2.24, 2.45) is 0 Å². The van der Waals surface area contributed by atoms with Crippen molar-refractivity contribution in [2.45, 2.75) is 24.1 Å². The van der Waals surface area contributed by atoms with E-state index in [0.29, 0.717) is 31.3 Å². The van der Waals surface area contributed by atoms with Crippen molar-refractivity contribution in [2.75, 3.05) is 45.4 Å². The summed E-state index contributed by atoms with van der Waals surface area (Å²) in [6.07, 6.45) is 0. The monoisotopic (exact) mass is 480 g/mol. The third-order valence-corrected chi connectivity index (χ3v) is 6.14. The van der Waals surface area contributed by atoms with Crippen LogP contribution in [0.1, 0.15) is 24.8 Å². The predicted octanol–water partition coefficient (Wildman–Crippen LogP) is 4.15. The molecule has 32 heavy (non-hydrogen) atoms. The van der Waals surface area contributed by atoms with Crippen molar-refractivity contribution < 1.29 is 23.8 Å². The third kappa shape index (κ3) is 6.09. The first kappa shape index (κ1) is 25.8. The van der Waals surface area contributed by atoms with E-state index in [9.17, 15) is 9.59 Å². The fourth-order valence-electron chi connectivity index (χ4n) is 3.39. The van der Waals surface area contributed by atoms with Crippen LogP contribution >= 0.6 is 24.2 Å². The van der Waals surface area contributed by atoms with Gasteiger partial charge in [0.2, 0.25) is 5.91 Å². The van der Waals surface area contributed by atoms with E-state index >= 15 is 0 Å². The molecule has 1 aliphatic heterocycles. The van der Waals surface area contributed by atoms with Crippen LogP contribution in [-0.4, -0.2) is 57.2 Å². The molecule has 0 radical (unpaired) electrons. The number of anilines is 1. The number of hydrogen-bond acceptors (Lipinski definition) is 7. The Labute approximate surface area is 199 Å². The van der Waals surface area contributed by atoms with Gasteiger partial charge in [0.1, 0.15) is 23.5 Å². The molecule has 3 rings (SSSR count). The maximum absolute atomic E-state index is 12.5. The van der Waals surface area contributed by atoms with E-state index in [1.54, 1.807) is 37.6 Å². The Balaban J connectivity index is 0.00000363. The number of para-hydroxylation sites is 1. The van der Waals surface area contributed by atoms with Crippen molar-refractivity contribution in [1.29, 1.82) is 0 Å². The van der Waals surface area contributed by atoms with E-state index in [4.69, 9.17) is 14.2 Å². The quantitative estimate of drug-likeness (QED) is 0.499. The molecule has 9 heteroatoms. The first-order chi connectivity index (χ1) is 14.9. The van der Waals surface area contributed by atoms with E-state index in [-0.39, 0.29) is 36.2 Å². The van der Waals surface area contributed by atoms with E-state index in [0.717, 1.165) is 16.1 Å². The van der Waals surface area contributed by atoms with Gasteiger partial charge in [-0.2, -0.15) is 0 Å². The van der Waals surface area contributed by atoms with Crippen molar-refractivity contribution in [3.63, 3.8) is 0 Å². The fraction of sp³-hybridized carbons (Fsp3) is 0.391. The number of halogens is 1. The lowest BCUT2D eigenvalue weighted by molar-refractivity contribution is -0.144. The van der Waals surface area contributed by atoms with Gasteiger partial charge in [0.25, 0.3) is 0 Å². The molecule has 0 saturated carbocycles. The summed E-state index contributed by atoms with van der Waals surface area (Å²) in [5.41, 5.74) is 1.76. The molecular formula is C23H29ClN2O5S. The zero-order valence-electron chi connectivity index (χ0n) is 18.7. The van der Waals surface area contributed by atoms with Gasteiger partial charge in [-0.3, -0.25) is 19.4 Å². The highest BCUT2D eigenvalue weighted by molar-refractivity contribution is 8.00. The van der Waals surface area contributed by atoms with Crippen molar-refractivity contribution in [3.8, 4) is 11.5 Å². The average molecular weight is 481 g/mol. The minimum absolute atomic E-state index is 0. The molecule has 0 N–H and O–H groups in total. The van der Waals surface area contributed by atoms with Crippen LogP contribution in [0.4, 0.5) is 5.69 Å². The van der Waals surface area contributed by atoms with E-state index in [1.807, 2.05) is 54.4 Å². The Morgan fingerprint density at radius 3 is 2.62 bits per heavy atom. The van der Waals surface area contributed by atoms with Crippen molar-refractivity contribution in [1.82, 2.24) is 4.90 Å². The number of esters is 1. The van der Waals surface area contributed by atoms with Crippen LogP contribution in [0.5, 0.6) is 11.5 Å². The van der Waals surface area contributed by atoms with Crippen LogP contribution in [0.25, 0.3) is 0 Å². The summed E-state index contributed by atoms with van der Waals surface area (Å²) in [4.78, 5) is 28.8. The molecule has 1 atom stereocenters. The number of amides is 1. The van der Waals surface area contributed by atoms with Gasteiger partial charge in [0, 0.05) is 23.9 Å². The number of thioether (sulfide) groups is 1. The van der Waals surface area contributed by atoms with Gasteiger partial charge in [-0.15, -0.1) is 12.4 Å². The molecule has 174 valence electrons. The number of likely N-dealkylation sites (N-methyl/N-ethyl adjacent to an activating group) is 1. The standard InChI is InChI=1S/C23H28N2O5S.ClH/c1-5-29-22(27)15-24(3)12-13-30-20-11-10-17(28-4)14-18(20)23-25(16(2)26)19-8-6-7-9-21(19)31-23;/h6-11,14,23H,5,12-13,15H2,1-4H3;1H. The van der Waals surface area contributed by atoms with E-state index < -0.39 is 0 Å². The lowest BCUT2D eigenvalue weighted by Crippen LogP contribution is -2.31. The second-order valence-corrected chi connectivity index (χ2v) is 8.24. The molecule has 0 aromatic heterocycles. The van der Waals surface area contributed by atoms with Crippen LogP contribution in [0.2, 0.25) is 0 Å². The Morgan fingerprint density at radius 1 is 1.19 bits per heavy atom. The first-order valence-electron chi connectivity index (χ1n) is 10.1. The highest BCUT2D eigenvalue weighted by Gasteiger charge is 2.35. The summed E-state index contributed by atoms with van der Waals surface area (Å²) >= 11 is 1.61. The molecule has 2 aromatic rings. The maximum atomic E-state index is 12.5. The number of carbonyl (C=O) groups is 2. The van der Waals surface area contributed by atoms with Crippen LogP contribution in [0.3, 0.4) is 0 Å². The normalized spacial score (nSPS) is 14.5. The van der Waals surface area contributed by atoms with Gasteiger partial charge >= 0.3 is 5.97 Å². The number of nitrogens with zero attached hydrogens (tertiary/aromatic N) is 2. The van der Waals surface area contributed by atoms with Crippen LogP contribution in [-0.2, 0) is 14.3 Å². The van der Waals surface area contributed by atoms with Crippen LogP contribution < -0.4 is 14.4 Å². The summed E-state index contributed by atoms with van der Waals surface area (Å²) in [7, 11) is 3.46. The molecule has 0 aliphatic carbocycles. The molecule has 1 unspecified atom stereocenters. The van der Waals surface area contributed by atoms with Gasteiger partial charge in [0.15, 0.2) is 0 Å². The Hall–Kier alpha value is -2.42. The Bertz CT molecular complexity index is 942. The Morgan fingerprint density at radius 2 is 1.94 bits per heavy atom. The summed E-state index contributed by atoms with van der Waals surface area (Å²) in [6.45, 7) is 4.88. The fourth-order valence-corrected chi connectivity index (χ4v) is 4.75. The molecule has 1 amide bonds. The first-order valence-corrected chi connectivity index (χ1v) is 11.0. The number of carbonyl (C=O) groups excluding carboxylic acids is 2. The SMILES string of the molecule is CCOC(=O)CN(C)CCOc1ccc(OC)cc1C1Sc2ccccc2N1C(C)=O.Cl. The number of hydrogen-bond donors (Lipinski definition) is 0. The average Bonchev–Trinajstić information content (AvgIpc) is 3.13. The summed E-state index contributed by atoms with van der Waals surface area (Å²) in [5.74, 6) is 1.08. The van der Waals surface area contributed by atoms with Crippen LogP contribution in [0, 0.1) is 0 Å². The predicted molar refractivity (Wildman–Crippen MR) is 128 cm³/mol. The molecule has 0 fully saturated rings. The minimum atomic E-state index is -0.257. The number of ether oxygens (including phenoxy) is 3. The van der Waals surface area contributed by atoms with Gasteiger partial charge in [-0.05, 0) is 44.3 Å². The summed E-state index contributed by atoms with van der Waals surface area (Å²) in [5, 5.41) is -0.253. The molecule has 1 heterocycles. The number of benzene rings is 2. The Kier molecular flexibility index (Phi) is 9.68. The summed E-state index contributed by atoms with van der Waals surface area (Å²) in [6, 6.07) is 13.5. The number of methoxy groups -OCH3 is 1. The minimum Gasteiger partial charge on any atom is -0.497 e. The second-order valence-electron chi connectivity index (χ2n) is 7.12. The highest BCUT2D eigenvalue weighted by atomic mass is 35.5. The third-order valence-electron chi connectivity index (χ3n) is 4.86. The zero-order chi connectivity index (χ0) is 22.4. The van der Waals surface area contributed by atoms with Crippen LogP contribution in [0.15, 0.2) is 47.4 Å². The lowest BCUT2D eigenvalue weighted by Gasteiger charge is -2.26. The van der Waals surface area contributed by atoms with Gasteiger partial charge in [0.05, 0.1) is 25.9 Å². The molecule has 0 spiro atoms. The lowest BCUT2D eigenvalue weighted by atomic mass is 10.1. The van der Waals surface area contributed by atoms with Gasteiger partial charge < -0.3 is 14.2 Å². The molecule has 7 nitrogen and oxygen atoms in total. The van der Waals surface area contributed by atoms with Gasteiger partial charge in [-0.25, -0.2) is 0 Å². The number of fused-ring (bicyclic) bond motifs is 1. The molecule has 2 aromatic carbocycles. The highest BCUT2D eigenvalue weighted by Crippen LogP contribution is 2.53. The molecule has 0 saturated heterocycles. The smallest absolute Gasteiger partial charge is 0.320 e. The van der Waals surface area contributed by atoms with E-state index in [1.165, 1.54) is 0 Å².